The number of carboxylic acid groups (broad SMARTS) is 1. The van der Waals surface area contributed by atoms with Crippen LogP contribution in [0.25, 0.3) is 0 Å². The Bertz CT molecular complexity index is 1590. The lowest BCUT2D eigenvalue weighted by Crippen LogP contribution is -2.36. The van der Waals surface area contributed by atoms with Crippen LogP contribution in [0.4, 0.5) is 5.69 Å². The third kappa shape index (κ3) is 5.46. The molecule has 0 saturated carbocycles. The number of benzene rings is 2. The molecule has 1 fully saturated rings. The number of fused-ring (bicyclic) bond motifs is 2. The van der Waals surface area contributed by atoms with Crippen molar-refractivity contribution in [3.05, 3.63) is 71.0 Å². The van der Waals surface area contributed by atoms with Gasteiger partial charge in [-0.05, 0) is 36.4 Å². The summed E-state index contributed by atoms with van der Waals surface area (Å²) >= 11 is 17.3. The zero-order valence-corrected chi connectivity index (χ0v) is 24.1. The molecule has 3 aromatic rings. The van der Waals surface area contributed by atoms with Crippen LogP contribution in [0.15, 0.2) is 50.7 Å². The summed E-state index contributed by atoms with van der Waals surface area (Å²) in [5, 5.41) is 12.0. The highest BCUT2D eigenvalue weighted by Crippen LogP contribution is 2.54. The zero-order chi connectivity index (χ0) is 28.0. The molecule has 3 atom stereocenters. The van der Waals surface area contributed by atoms with Crippen LogP contribution < -0.4 is 14.9 Å². The summed E-state index contributed by atoms with van der Waals surface area (Å²) in [5.74, 6) is -4.65. The fraction of sp³-hybridized carbons (Fsp3) is 0.208. The fourth-order valence-electron chi connectivity index (χ4n) is 4.51. The van der Waals surface area contributed by atoms with E-state index in [1.807, 2.05) is 0 Å². The number of ether oxygens (including phenoxy) is 1. The smallest absolute Gasteiger partial charge is 0.323 e. The maximum Gasteiger partial charge on any atom is 0.323 e. The van der Waals surface area contributed by atoms with Gasteiger partial charge in [0.05, 0.1) is 21.0 Å². The number of anilines is 1. The van der Waals surface area contributed by atoms with Crippen molar-refractivity contribution in [2.75, 3.05) is 18.5 Å². The van der Waals surface area contributed by atoms with E-state index in [-0.39, 0.29) is 15.6 Å². The SMILES string of the molecule is O=C(O)CN1C(=O)C2Sc3[nH]c(=O)sc3[C@H](c3cc(Br)ccc3OCC(=O)Nc3ccc(Cl)c(Cl)c3)C2C1=O. The van der Waals surface area contributed by atoms with Gasteiger partial charge in [-0.1, -0.05) is 62.2 Å². The fourth-order valence-corrected chi connectivity index (χ4v) is 7.71. The summed E-state index contributed by atoms with van der Waals surface area (Å²) in [5.41, 5.74) is 0.869. The Morgan fingerprint density at radius 2 is 1.87 bits per heavy atom. The zero-order valence-electron chi connectivity index (χ0n) is 19.4. The van der Waals surface area contributed by atoms with Crippen molar-refractivity contribution in [3.63, 3.8) is 0 Å². The Labute approximate surface area is 246 Å². The number of carbonyl (C=O) groups is 4. The number of thiazole rings is 1. The minimum absolute atomic E-state index is 0.252. The summed E-state index contributed by atoms with van der Waals surface area (Å²) in [7, 11) is 0. The quantitative estimate of drug-likeness (QED) is 0.317. The van der Waals surface area contributed by atoms with E-state index in [4.69, 9.17) is 27.9 Å². The van der Waals surface area contributed by atoms with Crippen LogP contribution in [-0.4, -0.2) is 57.1 Å². The number of carbonyl (C=O) groups excluding carboxylic acids is 3. The van der Waals surface area contributed by atoms with Gasteiger partial charge in [-0.25, -0.2) is 0 Å². The number of imide groups is 1. The van der Waals surface area contributed by atoms with Crippen molar-refractivity contribution >= 4 is 91.6 Å². The predicted octanol–water partition coefficient (Wildman–Crippen LogP) is 4.20. The summed E-state index contributed by atoms with van der Waals surface area (Å²) in [6.45, 7) is -1.17. The van der Waals surface area contributed by atoms with E-state index < -0.39 is 53.9 Å². The molecule has 0 aliphatic carbocycles. The van der Waals surface area contributed by atoms with Gasteiger partial charge in [-0.3, -0.25) is 28.9 Å². The number of nitrogens with zero attached hydrogens (tertiary/aromatic N) is 1. The normalized spacial score (nSPS) is 20.0. The molecule has 39 heavy (non-hydrogen) atoms. The maximum atomic E-state index is 13.4. The van der Waals surface area contributed by atoms with Crippen molar-refractivity contribution in [3.8, 4) is 5.75 Å². The number of H-pyrrole nitrogens is 1. The van der Waals surface area contributed by atoms with Crippen LogP contribution in [0, 0.1) is 5.92 Å². The average molecular weight is 673 g/mol. The summed E-state index contributed by atoms with van der Waals surface area (Å²) in [6.07, 6.45) is 0. The molecule has 2 aliphatic rings. The van der Waals surface area contributed by atoms with Crippen molar-refractivity contribution in [1.82, 2.24) is 9.88 Å². The highest BCUT2D eigenvalue weighted by atomic mass is 79.9. The second-order valence-electron chi connectivity index (χ2n) is 8.55. The molecule has 5 rings (SSSR count). The number of aromatic nitrogens is 1. The standard InChI is InChI=1S/C24H16BrCl2N3O7S2/c25-9-1-4-14(37-8-15(31)28-10-2-3-12(26)13(27)6-10)11(5-9)17-18-20(38-21-19(17)39-24(36)29-21)23(35)30(22(18)34)7-16(32)33/h1-6,17-18,20H,7-8H2,(H,28,31)(H,29,36)(H,32,33)/t17-,18?,20?/m1/s1. The molecule has 3 amide bonds. The first-order valence-electron chi connectivity index (χ1n) is 11.2. The van der Waals surface area contributed by atoms with Gasteiger partial charge in [-0.2, -0.15) is 0 Å². The van der Waals surface area contributed by atoms with Crippen LogP contribution >= 0.6 is 62.2 Å². The number of halogens is 3. The van der Waals surface area contributed by atoms with Crippen molar-refractivity contribution < 1.29 is 29.0 Å². The van der Waals surface area contributed by atoms with E-state index in [2.05, 4.69) is 26.2 Å². The number of hydrogen-bond acceptors (Lipinski definition) is 8. The number of amides is 3. The first kappa shape index (κ1) is 27.7. The van der Waals surface area contributed by atoms with Gasteiger partial charge in [0.15, 0.2) is 6.61 Å². The average Bonchev–Trinajstić information content (AvgIpc) is 3.36. The lowest BCUT2D eigenvalue weighted by molar-refractivity contribution is -0.149. The second-order valence-corrected chi connectivity index (χ2v) is 12.5. The Morgan fingerprint density at radius 1 is 1.10 bits per heavy atom. The first-order valence-corrected chi connectivity index (χ1v) is 14.4. The number of thioether (sulfide) groups is 1. The van der Waals surface area contributed by atoms with Crippen LogP contribution in [0.2, 0.25) is 10.0 Å². The molecule has 3 N–H and O–H groups in total. The van der Waals surface area contributed by atoms with Gasteiger partial charge >= 0.3 is 10.8 Å². The molecule has 15 heteroatoms. The monoisotopic (exact) mass is 671 g/mol. The summed E-state index contributed by atoms with van der Waals surface area (Å²) in [6, 6.07) is 9.59. The Balaban J connectivity index is 1.48. The molecule has 3 heterocycles. The number of rotatable bonds is 7. The van der Waals surface area contributed by atoms with E-state index in [1.54, 1.807) is 24.3 Å². The van der Waals surface area contributed by atoms with Gasteiger partial charge in [0.1, 0.15) is 17.5 Å². The van der Waals surface area contributed by atoms with E-state index in [0.717, 1.165) is 28.0 Å². The van der Waals surface area contributed by atoms with Crippen molar-refractivity contribution in [2.45, 2.75) is 16.2 Å². The van der Waals surface area contributed by atoms with E-state index in [9.17, 15) is 29.1 Å². The molecular weight excluding hydrogens is 657 g/mol. The van der Waals surface area contributed by atoms with E-state index >= 15 is 0 Å². The topological polar surface area (TPSA) is 146 Å². The lowest BCUT2D eigenvalue weighted by atomic mass is 9.82. The van der Waals surface area contributed by atoms with Gasteiger partial charge < -0.3 is 20.1 Å². The number of carboxylic acids is 1. The molecule has 0 bridgehead atoms. The van der Waals surface area contributed by atoms with Crippen LogP contribution in [-0.2, 0) is 19.2 Å². The highest BCUT2D eigenvalue weighted by molar-refractivity contribution is 9.10. The third-order valence-electron chi connectivity index (χ3n) is 6.08. The molecule has 202 valence electrons. The number of likely N-dealkylation sites (tertiary alicyclic amines) is 1. The number of aliphatic carboxylic acids is 1. The highest BCUT2D eigenvalue weighted by Gasteiger charge is 2.56. The van der Waals surface area contributed by atoms with Crippen LogP contribution in [0.1, 0.15) is 16.4 Å². The minimum Gasteiger partial charge on any atom is -0.483 e. The number of hydrogen-bond donors (Lipinski definition) is 3. The first-order chi connectivity index (χ1) is 18.5. The second kappa shape index (κ2) is 11.0. The van der Waals surface area contributed by atoms with Crippen LogP contribution in [0.3, 0.4) is 0 Å². The molecule has 1 aromatic heterocycles. The van der Waals surface area contributed by atoms with Crippen molar-refractivity contribution in [2.24, 2.45) is 5.92 Å². The lowest BCUT2D eigenvalue weighted by Gasteiger charge is -2.31. The molecule has 0 spiro atoms. The molecule has 0 radical (unpaired) electrons. The Morgan fingerprint density at radius 3 is 2.59 bits per heavy atom. The number of aromatic amines is 1. The third-order valence-corrected chi connectivity index (χ3v) is 9.71. The molecule has 2 aromatic carbocycles. The summed E-state index contributed by atoms with van der Waals surface area (Å²) < 4.78 is 6.50. The van der Waals surface area contributed by atoms with Gasteiger partial charge in [-0.15, -0.1) is 0 Å². The van der Waals surface area contributed by atoms with Gasteiger partial charge in [0.2, 0.25) is 11.8 Å². The number of nitrogens with one attached hydrogen (secondary N) is 2. The molecule has 1 saturated heterocycles. The molecular formula is C24H16BrCl2N3O7S2. The molecule has 2 aliphatic heterocycles. The van der Waals surface area contributed by atoms with E-state index in [1.165, 1.54) is 12.1 Å². The Hall–Kier alpha value is -2.84. The van der Waals surface area contributed by atoms with E-state index in [0.29, 0.717) is 30.6 Å². The minimum atomic E-state index is -1.32. The van der Waals surface area contributed by atoms with Gasteiger partial charge in [0, 0.05) is 26.5 Å². The largest absolute Gasteiger partial charge is 0.483 e. The van der Waals surface area contributed by atoms with Crippen molar-refractivity contribution in [1.29, 1.82) is 0 Å². The predicted molar refractivity (Wildman–Crippen MR) is 149 cm³/mol. The molecule has 10 nitrogen and oxygen atoms in total. The maximum absolute atomic E-state index is 13.4. The summed E-state index contributed by atoms with van der Waals surface area (Å²) in [4.78, 5) is 66.4. The van der Waals surface area contributed by atoms with Crippen LogP contribution in [0.5, 0.6) is 5.75 Å². The molecule has 2 unspecified atom stereocenters. The van der Waals surface area contributed by atoms with Gasteiger partial charge in [0.25, 0.3) is 5.91 Å². The Kier molecular flexibility index (Phi) is 7.80.